The lowest BCUT2D eigenvalue weighted by Gasteiger charge is -2.27. The molecule has 0 bridgehead atoms. The number of anilines is 2. The third-order valence-electron chi connectivity index (χ3n) is 4.31. The predicted octanol–water partition coefficient (Wildman–Crippen LogP) is 3.56. The molecule has 2 atom stereocenters. The highest BCUT2D eigenvalue weighted by molar-refractivity contribution is 5.54. The smallest absolute Gasteiger partial charge is 0.134 e. The molecule has 0 aliphatic heterocycles. The molecule has 112 valence electrons. The Kier molecular flexibility index (Phi) is 5.21. The van der Waals surface area contributed by atoms with Gasteiger partial charge < -0.3 is 11.1 Å². The Bertz CT molecular complexity index is 444. The van der Waals surface area contributed by atoms with Crippen molar-refractivity contribution in [2.45, 2.75) is 59.3 Å². The summed E-state index contributed by atoms with van der Waals surface area (Å²) in [6.45, 7) is 7.50. The van der Waals surface area contributed by atoms with E-state index in [0.29, 0.717) is 5.82 Å². The molecule has 4 heteroatoms. The molecule has 0 saturated heterocycles. The summed E-state index contributed by atoms with van der Waals surface area (Å²) in [6.07, 6.45) is 7.34. The van der Waals surface area contributed by atoms with Crippen LogP contribution in [-0.2, 0) is 6.42 Å². The zero-order valence-corrected chi connectivity index (χ0v) is 13.1. The van der Waals surface area contributed by atoms with Gasteiger partial charge in [-0.3, -0.25) is 0 Å². The average molecular weight is 276 g/mol. The molecule has 1 aromatic rings. The predicted molar refractivity (Wildman–Crippen MR) is 84.8 cm³/mol. The van der Waals surface area contributed by atoms with Gasteiger partial charge >= 0.3 is 0 Å². The second kappa shape index (κ2) is 6.91. The van der Waals surface area contributed by atoms with Crippen molar-refractivity contribution in [1.29, 1.82) is 0 Å². The van der Waals surface area contributed by atoms with E-state index in [4.69, 9.17) is 5.73 Å². The normalized spacial score (nSPS) is 22.8. The van der Waals surface area contributed by atoms with E-state index in [1.54, 1.807) is 0 Å². The summed E-state index contributed by atoms with van der Waals surface area (Å²) >= 11 is 0. The zero-order chi connectivity index (χ0) is 14.5. The second-order valence-corrected chi connectivity index (χ2v) is 6.27. The zero-order valence-electron chi connectivity index (χ0n) is 13.1. The van der Waals surface area contributed by atoms with Gasteiger partial charge in [0.2, 0.25) is 0 Å². The van der Waals surface area contributed by atoms with Gasteiger partial charge in [0, 0.05) is 18.5 Å². The molecular formula is C16H28N4. The summed E-state index contributed by atoms with van der Waals surface area (Å²) in [5.74, 6) is 4.03. The van der Waals surface area contributed by atoms with E-state index in [1.165, 1.54) is 25.7 Å². The lowest BCUT2D eigenvalue weighted by molar-refractivity contribution is 0.293. The summed E-state index contributed by atoms with van der Waals surface area (Å²) in [7, 11) is 0. The van der Waals surface area contributed by atoms with Crippen molar-refractivity contribution >= 4 is 11.6 Å². The second-order valence-electron chi connectivity index (χ2n) is 6.27. The molecule has 0 aromatic carbocycles. The van der Waals surface area contributed by atoms with E-state index >= 15 is 0 Å². The maximum absolute atomic E-state index is 5.99. The number of nitrogens with two attached hydrogens (primary N) is 1. The number of hydrogen-bond donors (Lipinski definition) is 2. The van der Waals surface area contributed by atoms with Gasteiger partial charge in [0.25, 0.3) is 0 Å². The number of rotatable bonds is 5. The number of hydrogen-bond acceptors (Lipinski definition) is 4. The Labute approximate surface area is 122 Å². The standard InChI is InChI=1S/C16H28N4/c1-4-6-14-19-15(17)12(3)16(20-14)18-10-13-8-5-7-11(2)9-13/h11,13H,4-10H2,1-3H3,(H3,17,18,19,20). The molecule has 0 spiro atoms. The highest BCUT2D eigenvalue weighted by Crippen LogP contribution is 2.29. The maximum Gasteiger partial charge on any atom is 0.134 e. The number of aromatic nitrogens is 2. The minimum absolute atomic E-state index is 0.614. The quantitative estimate of drug-likeness (QED) is 0.863. The summed E-state index contributed by atoms with van der Waals surface area (Å²) < 4.78 is 0. The minimum Gasteiger partial charge on any atom is -0.383 e. The molecule has 1 aliphatic rings. The van der Waals surface area contributed by atoms with Crippen molar-refractivity contribution in [3.63, 3.8) is 0 Å². The Morgan fingerprint density at radius 2 is 2.10 bits per heavy atom. The van der Waals surface area contributed by atoms with Gasteiger partial charge in [-0.2, -0.15) is 0 Å². The van der Waals surface area contributed by atoms with E-state index in [1.807, 2.05) is 6.92 Å². The number of nitrogens with zero attached hydrogens (tertiary/aromatic N) is 2. The van der Waals surface area contributed by atoms with E-state index in [9.17, 15) is 0 Å². The molecule has 1 fully saturated rings. The molecule has 1 aromatic heterocycles. The number of aryl methyl sites for hydroxylation is 1. The first kappa shape index (κ1) is 15.1. The van der Waals surface area contributed by atoms with Crippen molar-refractivity contribution in [2.75, 3.05) is 17.6 Å². The Morgan fingerprint density at radius 1 is 1.30 bits per heavy atom. The van der Waals surface area contributed by atoms with Crippen LogP contribution in [-0.4, -0.2) is 16.5 Å². The number of nitrogens with one attached hydrogen (secondary N) is 1. The summed E-state index contributed by atoms with van der Waals surface area (Å²) in [4.78, 5) is 8.98. The average Bonchev–Trinajstić information content (AvgIpc) is 2.41. The van der Waals surface area contributed by atoms with Crippen LogP contribution < -0.4 is 11.1 Å². The molecule has 0 amide bonds. The maximum atomic E-state index is 5.99. The van der Waals surface area contributed by atoms with Crippen LogP contribution in [0.1, 0.15) is 57.3 Å². The van der Waals surface area contributed by atoms with Crippen LogP contribution in [0, 0.1) is 18.8 Å². The van der Waals surface area contributed by atoms with Crippen molar-refractivity contribution < 1.29 is 0 Å². The fraction of sp³-hybridized carbons (Fsp3) is 0.750. The van der Waals surface area contributed by atoms with Crippen molar-refractivity contribution in [1.82, 2.24) is 9.97 Å². The summed E-state index contributed by atoms with van der Waals surface area (Å²) in [5, 5.41) is 3.51. The third-order valence-corrected chi connectivity index (χ3v) is 4.31. The molecule has 1 aliphatic carbocycles. The van der Waals surface area contributed by atoms with Crippen LogP contribution in [0.2, 0.25) is 0 Å². The van der Waals surface area contributed by atoms with Gasteiger partial charge in [0.15, 0.2) is 0 Å². The van der Waals surface area contributed by atoms with Crippen LogP contribution >= 0.6 is 0 Å². The SMILES string of the molecule is CCCc1nc(N)c(C)c(NCC2CCCC(C)C2)n1. The number of nitrogen functional groups attached to an aromatic ring is 1. The molecule has 0 radical (unpaired) electrons. The van der Waals surface area contributed by atoms with Gasteiger partial charge in [-0.25, -0.2) is 9.97 Å². The molecule has 1 heterocycles. The fourth-order valence-corrected chi connectivity index (χ4v) is 3.08. The molecule has 20 heavy (non-hydrogen) atoms. The Balaban J connectivity index is 2.00. The third kappa shape index (κ3) is 3.84. The van der Waals surface area contributed by atoms with Gasteiger partial charge in [0.1, 0.15) is 17.5 Å². The van der Waals surface area contributed by atoms with Gasteiger partial charge in [-0.15, -0.1) is 0 Å². The molecule has 2 rings (SSSR count). The van der Waals surface area contributed by atoms with Crippen LogP contribution in [0.3, 0.4) is 0 Å². The molecular weight excluding hydrogens is 248 g/mol. The monoisotopic (exact) mass is 276 g/mol. The molecule has 2 unspecified atom stereocenters. The van der Waals surface area contributed by atoms with Crippen LogP contribution in [0.25, 0.3) is 0 Å². The van der Waals surface area contributed by atoms with E-state index < -0.39 is 0 Å². The van der Waals surface area contributed by atoms with Crippen LogP contribution in [0.5, 0.6) is 0 Å². The van der Waals surface area contributed by atoms with E-state index in [-0.39, 0.29) is 0 Å². The van der Waals surface area contributed by atoms with Gasteiger partial charge in [0.05, 0.1) is 0 Å². The first-order chi connectivity index (χ1) is 9.60. The lowest BCUT2D eigenvalue weighted by atomic mass is 9.82. The summed E-state index contributed by atoms with van der Waals surface area (Å²) in [6, 6.07) is 0. The summed E-state index contributed by atoms with van der Waals surface area (Å²) in [5.41, 5.74) is 6.97. The highest BCUT2D eigenvalue weighted by atomic mass is 15.1. The van der Waals surface area contributed by atoms with Crippen LogP contribution in [0.4, 0.5) is 11.6 Å². The van der Waals surface area contributed by atoms with E-state index in [0.717, 1.165) is 48.4 Å². The first-order valence-corrected chi connectivity index (χ1v) is 7.97. The van der Waals surface area contributed by atoms with Crippen molar-refractivity contribution in [2.24, 2.45) is 11.8 Å². The van der Waals surface area contributed by atoms with Crippen molar-refractivity contribution in [3.05, 3.63) is 11.4 Å². The van der Waals surface area contributed by atoms with Crippen LogP contribution in [0.15, 0.2) is 0 Å². The Hall–Kier alpha value is -1.32. The molecule has 1 saturated carbocycles. The van der Waals surface area contributed by atoms with Gasteiger partial charge in [-0.1, -0.05) is 26.7 Å². The topological polar surface area (TPSA) is 63.8 Å². The Morgan fingerprint density at radius 3 is 2.80 bits per heavy atom. The van der Waals surface area contributed by atoms with Gasteiger partial charge in [-0.05, 0) is 38.0 Å². The largest absolute Gasteiger partial charge is 0.383 e. The molecule has 3 N–H and O–H groups in total. The van der Waals surface area contributed by atoms with E-state index in [2.05, 4.69) is 29.1 Å². The fourth-order valence-electron chi connectivity index (χ4n) is 3.08. The first-order valence-electron chi connectivity index (χ1n) is 7.97. The highest BCUT2D eigenvalue weighted by Gasteiger charge is 2.19. The minimum atomic E-state index is 0.614. The lowest BCUT2D eigenvalue weighted by Crippen LogP contribution is -2.22. The molecule has 4 nitrogen and oxygen atoms in total. The van der Waals surface area contributed by atoms with Crippen molar-refractivity contribution in [3.8, 4) is 0 Å².